The van der Waals surface area contributed by atoms with E-state index in [0.717, 1.165) is 31.8 Å². The summed E-state index contributed by atoms with van der Waals surface area (Å²) in [5.74, 6) is 0.277. The molecule has 0 bridgehead atoms. The molecule has 30 heavy (non-hydrogen) atoms. The Morgan fingerprint density at radius 1 is 1.27 bits per heavy atom. The molecular weight excluding hydrogens is 395 g/mol. The first-order chi connectivity index (χ1) is 14.3. The molecule has 2 aromatic rings. The number of piperazine rings is 1. The number of rotatable bonds is 6. The van der Waals surface area contributed by atoms with Crippen LogP contribution in [0.15, 0.2) is 48.5 Å². The molecule has 1 aliphatic rings. The molecule has 1 saturated heterocycles. The molecule has 3 rings (SSSR count). The fourth-order valence-electron chi connectivity index (χ4n) is 3.53. The first-order valence-corrected chi connectivity index (χ1v) is 9.88. The van der Waals surface area contributed by atoms with E-state index < -0.39 is 17.8 Å². The number of hydrogen-bond acceptors (Lipinski definition) is 4. The molecule has 162 valence electrons. The molecule has 0 aliphatic carbocycles. The molecule has 2 atom stereocenters. The lowest BCUT2D eigenvalue weighted by molar-refractivity contribution is -0.137. The Bertz CT molecular complexity index is 855. The Morgan fingerprint density at radius 3 is 2.63 bits per heavy atom. The molecule has 0 aromatic heterocycles. The summed E-state index contributed by atoms with van der Waals surface area (Å²) in [6, 6.07) is 12.1. The molecule has 2 aromatic carbocycles. The quantitative estimate of drug-likeness (QED) is 0.750. The van der Waals surface area contributed by atoms with Gasteiger partial charge in [0.25, 0.3) is 5.91 Å². The highest BCUT2D eigenvalue weighted by atomic mass is 19.4. The average Bonchev–Trinajstić information content (AvgIpc) is 2.73. The van der Waals surface area contributed by atoms with Gasteiger partial charge in [-0.05, 0) is 48.9 Å². The summed E-state index contributed by atoms with van der Waals surface area (Å²) < 4.78 is 45.8. The zero-order valence-electron chi connectivity index (χ0n) is 17.0. The van der Waals surface area contributed by atoms with Gasteiger partial charge in [-0.1, -0.05) is 12.1 Å². The van der Waals surface area contributed by atoms with Crippen LogP contribution in [0.25, 0.3) is 0 Å². The molecule has 5 nitrogen and oxygen atoms in total. The number of benzene rings is 2. The van der Waals surface area contributed by atoms with Crippen molar-refractivity contribution in [2.75, 3.05) is 33.2 Å². The van der Waals surface area contributed by atoms with Gasteiger partial charge < -0.3 is 15.4 Å². The summed E-state index contributed by atoms with van der Waals surface area (Å²) >= 11 is 0. The lowest BCUT2D eigenvalue weighted by Gasteiger charge is -2.34. The number of alkyl halides is 3. The van der Waals surface area contributed by atoms with E-state index in [4.69, 9.17) is 4.74 Å². The van der Waals surface area contributed by atoms with Gasteiger partial charge in [-0.25, -0.2) is 0 Å². The van der Waals surface area contributed by atoms with E-state index in [-0.39, 0.29) is 5.91 Å². The number of hydrogen-bond donors (Lipinski definition) is 2. The third kappa shape index (κ3) is 5.73. The number of ether oxygens (including phenoxy) is 1. The fraction of sp³-hybridized carbons (Fsp3) is 0.409. The van der Waals surface area contributed by atoms with Gasteiger partial charge in [-0.15, -0.1) is 0 Å². The van der Waals surface area contributed by atoms with Crippen molar-refractivity contribution < 1.29 is 22.7 Å². The molecule has 0 spiro atoms. The lowest BCUT2D eigenvalue weighted by Crippen LogP contribution is -2.50. The zero-order valence-corrected chi connectivity index (χ0v) is 17.0. The minimum absolute atomic E-state index is 0.217. The van der Waals surface area contributed by atoms with E-state index in [1.54, 1.807) is 37.4 Å². The molecule has 0 saturated carbocycles. The van der Waals surface area contributed by atoms with Gasteiger partial charge in [0.15, 0.2) is 0 Å². The molecule has 1 fully saturated rings. The Kier molecular flexibility index (Phi) is 6.99. The molecule has 1 amide bonds. The fourth-order valence-corrected chi connectivity index (χ4v) is 3.53. The molecule has 2 N–H and O–H groups in total. The van der Waals surface area contributed by atoms with E-state index in [2.05, 4.69) is 22.5 Å². The normalized spacial score (nSPS) is 18.6. The average molecular weight is 421 g/mol. The van der Waals surface area contributed by atoms with Crippen LogP contribution in [0, 0.1) is 0 Å². The SMILES string of the molecule is CNC(=O)c1ccc(OC(CN2CCN[C@H](C)C2)c2cccc(C(F)(F)F)c2)cc1. The maximum Gasteiger partial charge on any atom is 0.416 e. The maximum absolute atomic E-state index is 13.2. The first kappa shape index (κ1) is 22.1. The van der Waals surface area contributed by atoms with E-state index >= 15 is 0 Å². The molecule has 1 unspecified atom stereocenters. The van der Waals surface area contributed by atoms with Crippen LogP contribution in [0.5, 0.6) is 5.75 Å². The van der Waals surface area contributed by atoms with Crippen LogP contribution < -0.4 is 15.4 Å². The van der Waals surface area contributed by atoms with Crippen molar-refractivity contribution in [3.05, 3.63) is 65.2 Å². The van der Waals surface area contributed by atoms with Crippen molar-refractivity contribution in [2.45, 2.75) is 25.2 Å². The number of halogens is 3. The van der Waals surface area contributed by atoms with Gasteiger partial charge in [0.05, 0.1) is 5.56 Å². The standard InChI is InChI=1S/C22H26F3N3O2/c1-15-13-28(11-10-27-15)14-20(17-4-3-5-18(12-17)22(23,24)25)30-19-8-6-16(7-9-19)21(29)26-2/h3-9,12,15,20,27H,10-11,13-14H2,1-2H3,(H,26,29)/t15-,20?/m1/s1. The summed E-state index contributed by atoms with van der Waals surface area (Å²) in [6.07, 6.45) is -5.00. The predicted molar refractivity (Wildman–Crippen MR) is 109 cm³/mol. The minimum Gasteiger partial charge on any atom is -0.484 e. The number of nitrogens with zero attached hydrogens (tertiary/aromatic N) is 1. The predicted octanol–water partition coefficient (Wildman–Crippen LogP) is 3.48. The van der Waals surface area contributed by atoms with Crippen molar-refractivity contribution in [3.63, 3.8) is 0 Å². The third-order valence-electron chi connectivity index (χ3n) is 5.08. The Hall–Kier alpha value is -2.58. The summed E-state index contributed by atoms with van der Waals surface area (Å²) in [5.41, 5.74) is 0.250. The second-order valence-electron chi connectivity index (χ2n) is 7.45. The van der Waals surface area contributed by atoms with Crippen molar-refractivity contribution in [1.82, 2.24) is 15.5 Å². The Labute approximate surface area is 174 Å². The van der Waals surface area contributed by atoms with Gasteiger partial charge in [0, 0.05) is 44.8 Å². The molecule has 8 heteroatoms. The summed E-state index contributed by atoms with van der Waals surface area (Å²) in [6.45, 7) is 4.93. The zero-order chi connectivity index (χ0) is 21.7. The van der Waals surface area contributed by atoms with Gasteiger partial charge in [0.2, 0.25) is 0 Å². The number of carbonyl (C=O) groups is 1. The van der Waals surface area contributed by atoms with E-state index in [0.29, 0.717) is 29.5 Å². The first-order valence-electron chi connectivity index (χ1n) is 9.88. The molecule has 1 heterocycles. The molecule has 0 radical (unpaired) electrons. The highest BCUT2D eigenvalue weighted by Crippen LogP contribution is 2.32. The van der Waals surface area contributed by atoms with Crippen LogP contribution in [0.2, 0.25) is 0 Å². The number of amides is 1. The largest absolute Gasteiger partial charge is 0.484 e. The van der Waals surface area contributed by atoms with Gasteiger partial charge in [0.1, 0.15) is 11.9 Å². The van der Waals surface area contributed by atoms with Crippen molar-refractivity contribution in [2.24, 2.45) is 0 Å². The van der Waals surface area contributed by atoms with E-state index in [1.165, 1.54) is 6.07 Å². The van der Waals surface area contributed by atoms with Crippen LogP contribution in [-0.4, -0.2) is 50.1 Å². The number of nitrogens with one attached hydrogen (secondary N) is 2. The third-order valence-corrected chi connectivity index (χ3v) is 5.08. The van der Waals surface area contributed by atoms with Gasteiger partial charge in [-0.3, -0.25) is 9.69 Å². The van der Waals surface area contributed by atoms with Crippen LogP contribution >= 0.6 is 0 Å². The van der Waals surface area contributed by atoms with Crippen LogP contribution in [-0.2, 0) is 6.18 Å². The van der Waals surface area contributed by atoms with Crippen molar-refractivity contribution in [3.8, 4) is 5.75 Å². The lowest BCUT2D eigenvalue weighted by atomic mass is 10.0. The van der Waals surface area contributed by atoms with Gasteiger partial charge in [-0.2, -0.15) is 13.2 Å². The summed E-state index contributed by atoms with van der Waals surface area (Å²) in [7, 11) is 1.55. The number of carbonyl (C=O) groups excluding carboxylic acids is 1. The minimum atomic E-state index is -4.42. The highest BCUT2D eigenvalue weighted by molar-refractivity contribution is 5.94. The smallest absolute Gasteiger partial charge is 0.416 e. The second-order valence-corrected chi connectivity index (χ2v) is 7.45. The van der Waals surface area contributed by atoms with Crippen LogP contribution in [0.3, 0.4) is 0 Å². The topological polar surface area (TPSA) is 53.6 Å². The Morgan fingerprint density at radius 2 is 2.00 bits per heavy atom. The van der Waals surface area contributed by atoms with Crippen molar-refractivity contribution in [1.29, 1.82) is 0 Å². The highest BCUT2D eigenvalue weighted by Gasteiger charge is 2.31. The maximum atomic E-state index is 13.2. The van der Waals surface area contributed by atoms with E-state index in [9.17, 15) is 18.0 Å². The van der Waals surface area contributed by atoms with E-state index in [1.807, 2.05) is 0 Å². The van der Waals surface area contributed by atoms with Crippen LogP contribution in [0.1, 0.15) is 34.5 Å². The summed E-state index contributed by atoms with van der Waals surface area (Å²) in [4.78, 5) is 13.9. The second kappa shape index (κ2) is 9.49. The van der Waals surface area contributed by atoms with Crippen LogP contribution in [0.4, 0.5) is 13.2 Å². The molecule has 1 aliphatic heterocycles. The Balaban J connectivity index is 1.85. The monoisotopic (exact) mass is 421 g/mol. The van der Waals surface area contributed by atoms with Crippen molar-refractivity contribution >= 4 is 5.91 Å². The summed E-state index contributed by atoms with van der Waals surface area (Å²) in [5, 5.41) is 5.90. The molecular formula is C22H26F3N3O2. The van der Waals surface area contributed by atoms with Gasteiger partial charge >= 0.3 is 6.18 Å².